The van der Waals surface area contributed by atoms with E-state index in [0.717, 1.165) is 45.4 Å². The van der Waals surface area contributed by atoms with Crippen LogP contribution in [0.15, 0.2) is 42.6 Å². The first kappa shape index (κ1) is 21.4. The van der Waals surface area contributed by atoms with Gasteiger partial charge in [0.1, 0.15) is 5.82 Å². The second kappa shape index (κ2) is 9.56. The van der Waals surface area contributed by atoms with Crippen LogP contribution in [0, 0.1) is 11.7 Å². The van der Waals surface area contributed by atoms with E-state index in [0.29, 0.717) is 23.2 Å². The van der Waals surface area contributed by atoms with E-state index >= 15 is 0 Å². The minimum Gasteiger partial charge on any atom is -0.349 e. The van der Waals surface area contributed by atoms with Crippen molar-refractivity contribution < 1.29 is 14.0 Å². The van der Waals surface area contributed by atoms with E-state index in [2.05, 4.69) is 22.2 Å². The third kappa shape index (κ3) is 5.28. The molecule has 0 radical (unpaired) electrons. The van der Waals surface area contributed by atoms with Crippen molar-refractivity contribution in [2.75, 3.05) is 33.2 Å². The van der Waals surface area contributed by atoms with Crippen LogP contribution in [0.5, 0.6) is 0 Å². The largest absolute Gasteiger partial charge is 0.349 e. The van der Waals surface area contributed by atoms with Crippen LogP contribution in [0.4, 0.5) is 4.39 Å². The lowest BCUT2D eigenvalue weighted by atomic mass is 9.84. The molecule has 4 rings (SSSR count). The highest BCUT2D eigenvalue weighted by molar-refractivity contribution is 5.94. The molecule has 2 atom stereocenters. The van der Waals surface area contributed by atoms with Crippen molar-refractivity contribution in [2.24, 2.45) is 5.92 Å². The van der Waals surface area contributed by atoms with E-state index < -0.39 is 0 Å². The molecule has 31 heavy (non-hydrogen) atoms. The number of hydrogen-bond acceptors (Lipinski definition) is 4. The van der Waals surface area contributed by atoms with Gasteiger partial charge in [-0.2, -0.15) is 0 Å². The normalized spacial score (nSPS) is 22.2. The molecule has 0 unspecified atom stereocenters. The molecular formula is C24H29FN4O2. The summed E-state index contributed by atoms with van der Waals surface area (Å²) in [5.74, 6) is -0.292. The number of hydrogen-bond donors (Lipinski definition) is 1. The average Bonchev–Trinajstić information content (AvgIpc) is 2.79. The van der Waals surface area contributed by atoms with E-state index in [-0.39, 0.29) is 29.6 Å². The molecule has 0 spiro atoms. The maximum Gasteiger partial charge on any atom is 0.253 e. The van der Waals surface area contributed by atoms with Crippen molar-refractivity contribution in [2.45, 2.75) is 31.7 Å². The standard InChI is InChI=1S/C24H29FN4O2/c1-28-10-12-29(13-11-28)24(31)18-5-3-7-21(15-18)27-23(30)19-8-9-22(26-16-19)17-4-2-6-20(25)14-17/h2,4,6,8-9,14,16,18,21H,3,5,7,10-13,15H2,1H3,(H,27,30)/t18-,21+/m0/s1. The van der Waals surface area contributed by atoms with Gasteiger partial charge in [0.25, 0.3) is 5.91 Å². The summed E-state index contributed by atoms with van der Waals surface area (Å²) < 4.78 is 13.4. The van der Waals surface area contributed by atoms with Gasteiger partial charge in [-0.25, -0.2) is 4.39 Å². The van der Waals surface area contributed by atoms with Crippen LogP contribution in [-0.2, 0) is 4.79 Å². The second-order valence-corrected chi connectivity index (χ2v) is 8.60. The molecule has 1 N–H and O–H groups in total. The van der Waals surface area contributed by atoms with E-state index in [4.69, 9.17) is 0 Å². The molecule has 2 heterocycles. The fraction of sp³-hybridized carbons (Fsp3) is 0.458. The summed E-state index contributed by atoms with van der Waals surface area (Å²) in [4.78, 5) is 34.2. The number of nitrogens with zero attached hydrogens (tertiary/aromatic N) is 3. The van der Waals surface area contributed by atoms with Gasteiger partial charge in [0, 0.05) is 49.9 Å². The number of rotatable bonds is 4. The van der Waals surface area contributed by atoms with Crippen molar-refractivity contribution in [3.05, 3.63) is 54.0 Å². The number of carbonyl (C=O) groups excluding carboxylic acids is 2. The first-order valence-electron chi connectivity index (χ1n) is 11.0. The summed E-state index contributed by atoms with van der Waals surface area (Å²) in [6, 6.07) is 9.65. The van der Waals surface area contributed by atoms with Gasteiger partial charge in [0.2, 0.25) is 5.91 Å². The maximum absolute atomic E-state index is 13.4. The van der Waals surface area contributed by atoms with Crippen LogP contribution >= 0.6 is 0 Å². The summed E-state index contributed by atoms with van der Waals surface area (Å²) in [7, 11) is 2.08. The van der Waals surface area contributed by atoms with E-state index in [9.17, 15) is 14.0 Å². The van der Waals surface area contributed by atoms with Crippen molar-refractivity contribution in [1.82, 2.24) is 20.1 Å². The average molecular weight is 425 g/mol. The van der Waals surface area contributed by atoms with Crippen LogP contribution in [0.25, 0.3) is 11.3 Å². The Morgan fingerprint density at radius 1 is 1.10 bits per heavy atom. The molecule has 7 heteroatoms. The highest BCUT2D eigenvalue weighted by Crippen LogP contribution is 2.27. The van der Waals surface area contributed by atoms with Gasteiger partial charge in [-0.1, -0.05) is 18.6 Å². The lowest BCUT2D eigenvalue weighted by molar-refractivity contribution is -0.138. The molecule has 1 aliphatic carbocycles. The Balaban J connectivity index is 1.34. The summed E-state index contributed by atoms with van der Waals surface area (Å²) in [6.07, 6.45) is 4.91. The number of piperazine rings is 1. The number of nitrogens with one attached hydrogen (secondary N) is 1. The first-order chi connectivity index (χ1) is 15.0. The Bertz CT molecular complexity index is 925. The van der Waals surface area contributed by atoms with Gasteiger partial charge < -0.3 is 15.1 Å². The van der Waals surface area contributed by atoms with E-state index in [1.54, 1.807) is 24.3 Å². The van der Waals surface area contributed by atoms with Crippen molar-refractivity contribution in [3.8, 4) is 11.3 Å². The Morgan fingerprint density at radius 3 is 2.61 bits per heavy atom. The summed E-state index contributed by atoms with van der Waals surface area (Å²) >= 11 is 0. The first-order valence-corrected chi connectivity index (χ1v) is 11.0. The van der Waals surface area contributed by atoms with Gasteiger partial charge >= 0.3 is 0 Å². The van der Waals surface area contributed by atoms with Gasteiger partial charge in [-0.05, 0) is 50.6 Å². The molecule has 164 valence electrons. The molecule has 1 saturated heterocycles. The van der Waals surface area contributed by atoms with Gasteiger partial charge in [-0.3, -0.25) is 14.6 Å². The number of amides is 2. The molecule has 1 aromatic carbocycles. The summed E-state index contributed by atoms with van der Waals surface area (Å²) in [6.45, 7) is 3.40. The quantitative estimate of drug-likeness (QED) is 0.820. The zero-order valence-corrected chi connectivity index (χ0v) is 17.9. The Kier molecular flexibility index (Phi) is 6.61. The number of carbonyl (C=O) groups is 2. The Labute approximate surface area is 182 Å². The third-order valence-electron chi connectivity index (χ3n) is 6.32. The predicted octanol–water partition coefficient (Wildman–Crippen LogP) is 2.95. The van der Waals surface area contributed by atoms with Gasteiger partial charge in [-0.15, -0.1) is 0 Å². The van der Waals surface area contributed by atoms with Crippen molar-refractivity contribution in [3.63, 3.8) is 0 Å². The number of benzene rings is 1. The van der Waals surface area contributed by atoms with Crippen molar-refractivity contribution >= 4 is 11.8 Å². The zero-order chi connectivity index (χ0) is 21.8. The smallest absolute Gasteiger partial charge is 0.253 e. The number of aromatic nitrogens is 1. The van der Waals surface area contributed by atoms with Crippen molar-refractivity contribution in [1.29, 1.82) is 0 Å². The SMILES string of the molecule is CN1CCN(C(=O)[C@H]2CCC[C@@H](NC(=O)c3ccc(-c4cccc(F)c4)nc3)C2)CC1. The molecule has 1 saturated carbocycles. The summed E-state index contributed by atoms with van der Waals surface area (Å²) in [5, 5.41) is 3.08. The van der Waals surface area contributed by atoms with Crippen LogP contribution in [-0.4, -0.2) is 65.9 Å². The molecule has 0 bridgehead atoms. The minimum atomic E-state index is -0.320. The number of likely N-dealkylation sites (N-methyl/N-ethyl adjacent to an activating group) is 1. The van der Waals surface area contributed by atoms with Crippen LogP contribution in [0.2, 0.25) is 0 Å². The van der Waals surface area contributed by atoms with Crippen LogP contribution in [0.3, 0.4) is 0 Å². The molecule has 6 nitrogen and oxygen atoms in total. The van der Waals surface area contributed by atoms with Gasteiger partial charge in [0.15, 0.2) is 0 Å². The van der Waals surface area contributed by atoms with Crippen LogP contribution < -0.4 is 5.32 Å². The topological polar surface area (TPSA) is 65.5 Å². The third-order valence-corrected chi connectivity index (χ3v) is 6.32. The number of pyridine rings is 1. The molecule has 2 aliphatic rings. The lowest BCUT2D eigenvalue weighted by Crippen LogP contribution is -2.50. The van der Waals surface area contributed by atoms with Gasteiger partial charge in [0.05, 0.1) is 11.3 Å². The zero-order valence-electron chi connectivity index (χ0n) is 17.9. The molecule has 2 amide bonds. The monoisotopic (exact) mass is 424 g/mol. The predicted molar refractivity (Wildman–Crippen MR) is 117 cm³/mol. The molecule has 2 aromatic rings. The highest BCUT2D eigenvalue weighted by atomic mass is 19.1. The number of halogens is 1. The Morgan fingerprint density at radius 2 is 1.90 bits per heavy atom. The van der Waals surface area contributed by atoms with E-state index in [1.807, 2.05) is 4.90 Å². The molecule has 1 aromatic heterocycles. The fourth-order valence-corrected chi connectivity index (χ4v) is 4.45. The second-order valence-electron chi connectivity index (χ2n) is 8.60. The molecule has 1 aliphatic heterocycles. The Hall–Kier alpha value is -2.80. The minimum absolute atomic E-state index is 0.00874. The maximum atomic E-state index is 13.4. The van der Waals surface area contributed by atoms with E-state index in [1.165, 1.54) is 18.3 Å². The summed E-state index contributed by atoms with van der Waals surface area (Å²) in [5.41, 5.74) is 1.75. The fourth-order valence-electron chi connectivity index (χ4n) is 4.45. The molecule has 2 fully saturated rings. The molecular weight excluding hydrogens is 395 g/mol. The highest BCUT2D eigenvalue weighted by Gasteiger charge is 2.32. The van der Waals surface area contributed by atoms with Crippen LogP contribution in [0.1, 0.15) is 36.0 Å². The lowest BCUT2D eigenvalue weighted by Gasteiger charge is -2.37.